The monoisotopic (exact) mass is 802 g/mol. The Morgan fingerprint density at radius 3 is 2.00 bits per heavy atom. The lowest BCUT2D eigenvalue weighted by Crippen LogP contribution is -2.63. The summed E-state index contributed by atoms with van der Waals surface area (Å²) in [4.78, 5) is 0. The molecule has 0 bridgehead atoms. The largest absolute Gasteiger partial charge is 0.394 e. The Kier molecular flexibility index (Phi) is 11.3. The summed E-state index contributed by atoms with van der Waals surface area (Å²) in [5.74, 6) is -0.384. The zero-order valence-corrected chi connectivity index (χ0v) is 34.0. The molecular weight excluding hydrogens is 732 g/mol. The Bertz CT molecular complexity index is 1430. The second-order valence-electron chi connectivity index (χ2n) is 20.8. The van der Waals surface area contributed by atoms with Crippen LogP contribution in [0, 0.1) is 50.7 Å². The molecule has 7 aliphatic rings. The Balaban J connectivity index is 1.08. The zero-order valence-electron chi connectivity index (χ0n) is 34.0. The summed E-state index contributed by atoms with van der Waals surface area (Å²) in [5, 5.41) is 119. The Labute approximate surface area is 329 Å². The van der Waals surface area contributed by atoms with Gasteiger partial charge in [-0.2, -0.15) is 0 Å². The Morgan fingerprint density at radius 2 is 1.36 bits per heavy atom. The van der Waals surface area contributed by atoms with Gasteiger partial charge >= 0.3 is 0 Å². The lowest BCUT2D eigenvalue weighted by atomic mass is 9.41. The van der Waals surface area contributed by atoms with E-state index in [9.17, 15) is 56.2 Å². The fraction of sp³-hybridized carbons (Fsp3) is 1.00. The summed E-state index contributed by atoms with van der Waals surface area (Å²) in [5.41, 5.74) is -2.52. The molecule has 0 aromatic rings. The Hall–Kier alpha value is -0.600. The van der Waals surface area contributed by atoms with Gasteiger partial charge in [-0.1, -0.05) is 34.6 Å². The number of aliphatic hydroxyl groups excluding tert-OH is 10. The van der Waals surface area contributed by atoms with Gasteiger partial charge in [-0.15, -0.1) is 0 Å². The molecule has 2 heterocycles. The van der Waals surface area contributed by atoms with E-state index in [1.807, 2.05) is 6.92 Å². The molecule has 0 radical (unpaired) electrons. The van der Waals surface area contributed by atoms with E-state index in [1.54, 1.807) is 0 Å². The van der Waals surface area contributed by atoms with Gasteiger partial charge in [0.15, 0.2) is 12.6 Å². The van der Waals surface area contributed by atoms with E-state index in [0.29, 0.717) is 18.3 Å². The van der Waals surface area contributed by atoms with Crippen molar-refractivity contribution >= 4 is 0 Å². The van der Waals surface area contributed by atoms with Crippen LogP contribution >= 0.6 is 0 Å². The van der Waals surface area contributed by atoms with Gasteiger partial charge in [0.25, 0.3) is 0 Å². The number of aliphatic hydroxyl groups is 11. The molecule has 11 N–H and O–H groups in total. The highest BCUT2D eigenvalue weighted by Gasteiger charge is 2.83. The molecule has 0 aromatic carbocycles. The number of ether oxygens (including phenoxy) is 4. The first-order chi connectivity index (χ1) is 25.9. The normalized spacial score (nSPS) is 53.5. The molecule has 5 aliphatic carbocycles. The molecule has 324 valence electrons. The molecule has 2 spiro atoms. The molecule has 0 aromatic heterocycles. The quantitative estimate of drug-likeness (QED) is 0.125. The average molecular weight is 803 g/mol. The van der Waals surface area contributed by atoms with Crippen molar-refractivity contribution in [3.05, 3.63) is 0 Å². The van der Waals surface area contributed by atoms with E-state index in [0.717, 1.165) is 44.9 Å². The minimum absolute atomic E-state index is 0.0921. The van der Waals surface area contributed by atoms with E-state index in [4.69, 9.17) is 18.9 Å². The summed E-state index contributed by atoms with van der Waals surface area (Å²) < 4.78 is 23.5. The third-order valence-electron chi connectivity index (χ3n) is 17.4. The molecule has 56 heavy (non-hydrogen) atoms. The van der Waals surface area contributed by atoms with Gasteiger partial charge in [0.05, 0.1) is 37.1 Å². The predicted octanol–water partition coefficient (Wildman–Crippen LogP) is -0.466. The maximum Gasteiger partial charge on any atom is 0.187 e. The van der Waals surface area contributed by atoms with Crippen LogP contribution in [0.1, 0.15) is 99.8 Å². The first-order valence-corrected chi connectivity index (χ1v) is 21.0. The molecule has 15 nitrogen and oxygen atoms in total. The van der Waals surface area contributed by atoms with Crippen LogP contribution in [0.2, 0.25) is 0 Å². The van der Waals surface area contributed by atoms with E-state index in [2.05, 4.69) is 27.7 Å². The van der Waals surface area contributed by atoms with Crippen molar-refractivity contribution in [3.8, 4) is 0 Å². The first kappa shape index (κ1) is 43.5. The molecule has 2 saturated heterocycles. The van der Waals surface area contributed by atoms with E-state index >= 15 is 0 Å². The van der Waals surface area contributed by atoms with Gasteiger partial charge in [0.2, 0.25) is 0 Å². The Morgan fingerprint density at radius 1 is 0.732 bits per heavy atom. The number of fused-ring (bicyclic) bond motifs is 2. The van der Waals surface area contributed by atoms with E-state index < -0.39 is 109 Å². The van der Waals surface area contributed by atoms with Crippen LogP contribution in [-0.2, 0) is 18.9 Å². The molecular formula is C41H70O15. The van der Waals surface area contributed by atoms with Gasteiger partial charge in [0, 0.05) is 0 Å². The SMILES string of the molecule is C[C@H](C(O)C(O)C(O[C@@H]1O[C@H](CO)[C@@H](O)[C@H](O)[C@H]1O)C(C)(C)O)[C@H]1[C@@H](O)C[C@@]2(C)[C@@H]3CC[C@H]4C(C)(C)[C@@H](O[C@@H]5OC[C@@H](O)[C@H](O)[C@H]5O)CC[C@@]45C[C@@]35CC[C@]12C. The van der Waals surface area contributed by atoms with Crippen molar-refractivity contribution < 1.29 is 75.1 Å². The maximum atomic E-state index is 12.0. The summed E-state index contributed by atoms with van der Waals surface area (Å²) in [6.45, 7) is 12.8. The smallest absolute Gasteiger partial charge is 0.187 e. The van der Waals surface area contributed by atoms with Gasteiger partial charge < -0.3 is 75.1 Å². The van der Waals surface area contributed by atoms with Crippen LogP contribution in [-0.4, -0.2) is 161 Å². The molecule has 3 unspecified atom stereocenters. The molecule has 2 aliphatic heterocycles. The molecule has 0 amide bonds. The second kappa shape index (κ2) is 14.5. The fourth-order valence-corrected chi connectivity index (χ4v) is 14.4. The molecule has 15 heteroatoms. The topological polar surface area (TPSA) is 259 Å². The standard InChI is InChI=1S/C41H70O15/c1-18(26(45)30(49)33(37(4,5)52)56-35-32(51)29(48)28(47)21(15-42)54-35)25-19(43)14-39(7)23-9-8-22-36(2,3)24(55-34-31(50)27(46)20(44)16-53-34)10-11-40(22)17-41(23,40)13-12-38(25,39)6/h18-35,42-52H,8-17H2,1-7H3/t18-,19-,20+,21+,22-,23-,24-,25-,26?,27-,28+,29-,30?,31+,32+,33?,34-,35-,38+,39-,40+,41-/m0/s1. The highest BCUT2D eigenvalue weighted by atomic mass is 16.7. The number of hydrogen-bond acceptors (Lipinski definition) is 15. The molecule has 5 saturated carbocycles. The lowest BCUT2D eigenvalue weighted by molar-refractivity contribution is -0.333. The van der Waals surface area contributed by atoms with E-state index in [-0.39, 0.29) is 34.4 Å². The second-order valence-corrected chi connectivity index (χ2v) is 20.8. The maximum absolute atomic E-state index is 12.0. The third kappa shape index (κ3) is 6.23. The number of hydrogen-bond donors (Lipinski definition) is 11. The van der Waals surface area contributed by atoms with Crippen molar-refractivity contribution in [2.75, 3.05) is 13.2 Å². The van der Waals surface area contributed by atoms with Crippen LogP contribution in [0.4, 0.5) is 0 Å². The first-order valence-electron chi connectivity index (χ1n) is 21.0. The predicted molar refractivity (Wildman–Crippen MR) is 197 cm³/mol. The van der Waals surface area contributed by atoms with Crippen molar-refractivity contribution in [2.24, 2.45) is 50.7 Å². The summed E-state index contributed by atoms with van der Waals surface area (Å²) in [7, 11) is 0. The van der Waals surface area contributed by atoms with Crippen LogP contribution in [0.5, 0.6) is 0 Å². The van der Waals surface area contributed by atoms with Crippen molar-refractivity contribution in [1.29, 1.82) is 0 Å². The van der Waals surface area contributed by atoms with Crippen LogP contribution < -0.4 is 0 Å². The van der Waals surface area contributed by atoms with Crippen molar-refractivity contribution in [2.45, 2.75) is 191 Å². The number of rotatable bonds is 10. The lowest BCUT2D eigenvalue weighted by Gasteiger charge is -2.63. The van der Waals surface area contributed by atoms with Gasteiger partial charge in [-0.25, -0.2) is 0 Å². The van der Waals surface area contributed by atoms with Crippen LogP contribution in [0.25, 0.3) is 0 Å². The minimum atomic E-state index is -1.79. The minimum Gasteiger partial charge on any atom is -0.394 e. The third-order valence-corrected chi connectivity index (χ3v) is 17.4. The van der Waals surface area contributed by atoms with Crippen LogP contribution in [0.3, 0.4) is 0 Å². The highest BCUT2D eigenvalue weighted by molar-refractivity contribution is 5.31. The van der Waals surface area contributed by atoms with E-state index in [1.165, 1.54) is 13.8 Å². The summed E-state index contributed by atoms with van der Waals surface area (Å²) in [6.07, 6.45) is -11.5. The zero-order chi connectivity index (χ0) is 41.3. The molecule has 7 fully saturated rings. The average Bonchev–Trinajstić information content (AvgIpc) is 3.74. The van der Waals surface area contributed by atoms with Gasteiger partial charge in [-0.3, -0.25) is 0 Å². The summed E-state index contributed by atoms with van der Waals surface area (Å²) in [6, 6.07) is 0. The van der Waals surface area contributed by atoms with Gasteiger partial charge in [-0.05, 0) is 116 Å². The molecule has 7 rings (SSSR count). The highest BCUT2D eigenvalue weighted by Crippen LogP contribution is 2.89. The summed E-state index contributed by atoms with van der Waals surface area (Å²) >= 11 is 0. The molecule has 22 atom stereocenters. The van der Waals surface area contributed by atoms with Gasteiger partial charge in [0.1, 0.15) is 54.9 Å². The van der Waals surface area contributed by atoms with Crippen LogP contribution in [0.15, 0.2) is 0 Å². The fourth-order valence-electron chi connectivity index (χ4n) is 14.4. The van der Waals surface area contributed by atoms with Crippen molar-refractivity contribution in [3.63, 3.8) is 0 Å². The van der Waals surface area contributed by atoms with Crippen molar-refractivity contribution in [1.82, 2.24) is 0 Å².